The van der Waals surface area contributed by atoms with E-state index in [2.05, 4.69) is 32.9 Å². The van der Waals surface area contributed by atoms with Crippen LogP contribution in [0.15, 0.2) is 35.6 Å². The lowest BCUT2D eigenvalue weighted by atomic mass is 9.60. The molecule has 5 nitrogen and oxygen atoms in total. The zero-order chi connectivity index (χ0) is 24.2. The summed E-state index contributed by atoms with van der Waals surface area (Å²) in [5, 5.41) is 21.3. The predicted octanol–water partition coefficient (Wildman–Crippen LogP) is 5.95. The van der Waals surface area contributed by atoms with Crippen LogP contribution in [-0.4, -0.2) is 34.8 Å². The molecule has 5 heteroatoms. The maximum Gasteiger partial charge on any atom is 0.219 e. The van der Waals surface area contributed by atoms with Crippen molar-refractivity contribution < 1.29 is 24.4 Å². The fourth-order valence-electron chi connectivity index (χ4n) is 6.18. The standard InChI is InChI=1S/C28H40O5/c1-18(9-10-20-15-21(31-7)14-19(2)24(20)30)13-22-16-26(5)11-8-12-27(26,6)28(32-22)17-23(29)25(3,4)33-28/h9,14-16,23,29-30H,8,10-13,17H2,1-7H3. The minimum absolute atomic E-state index is 0.0385. The summed E-state index contributed by atoms with van der Waals surface area (Å²) >= 11 is 0. The van der Waals surface area contributed by atoms with E-state index in [0.29, 0.717) is 25.0 Å². The fraction of sp³-hybridized carbons (Fsp3) is 0.643. The highest BCUT2D eigenvalue weighted by molar-refractivity contribution is 5.46. The third-order valence-electron chi connectivity index (χ3n) is 8.65. The number of aliphatic hydroxyl groups excluding tert-OH is 1. The maximum absolute atomic E-state index is 10.8. The van der Waals surface area contributed by atoms with Crippen LogP contribution in [0.1, 0.15) is 77.8 Å². The number of fused-ring (bicyclic) bond motifs is 2. The SMILES string of the molecule is COc1cc(C)c(O)c(CC=C(C)CC2=CC3(C)CCCC3(C)C3(CC(O)C(C)(C)O3)O2)c1. The largest absolute Gasteiger partial charge is 0.507 e. The Labute approximate surface area is 198 Å². The van der Waals surface area contributed by atoms with Crippen LogP contribution < -0.4 is 4.74 Å². The van der Waals surface area contributed by atoms with Gasteiger partial charge in [-0.05, 0) is 70.7 Å². The molecule has 1 aromatic carbocycles. The van der Waals surface area contributed by atoms with Crippen molar-refractivity contribution in [3.05, 3.63) is 46.7 Å². The van der Waals surface area contributed by atoms with Crippen LogP contribution in [0.25, 0.3) is 0 Å². The molecule has 1 saturated heterocycles. The molecular formula is C28H40O5. The van der Waals surface area contributed by atoms with Gasteiger partial charge in [0, 0.05) is 29.2 Å². The van der Waals surface area contributed by atoms with E-state index in [4.69, 9.17) is 14.2 Å². The molecule has 0 aromatic heterocycles. The number of phenols is 1. The van der Waals surface area contributed by atoms with Crippen LogP contribution in [0.4, 0.5) is 0 Å². The highest BCUT2D eigenvalue weighted by Crippen LogP contribution is 2.67. The van der Waals surface area contributed by atoms with Crippen molar-refractivity contribution >= 4 is 0 Å². The Morgan fingerprint density at radius 3 is 2.58 bits per heavy atom. The van der Waals surface area contributed by atoms with E-state index in [1.54, 1.807) is 7.11 Å². The zero-order valence-corrected chi connectivity index (χ0v) is 21.2. The minimum atomic E-state index is -0.812. The molecule has 1 aromatic rings. The second-order valence-corrected chi connectivity index (χ2v) is 11.4. The molecule has 2 N–H and O–H groups in total. The van der Waals surface area contributed by atoms with Crippen molar-refractivity contribution in [3.63, 3.8) is 0 Å². The number of allylic oxidation sites excluding steroid dienone is 3. The number of aryl methyl sites for hydroxylation is 1. The molecule has 2 aliphatic heterocycles. The summed E-state index contributed by atoms with van der Waals surface area (Å²) in [7, 11) is 1.64. The summed E-state index contributed by atoms with van der Waals surface area (Å²) < 4.78 is 18.6. The van der Waals surface area contributed by atoms with E-state index in [1.165, 1.54) is 5.57 Å². The Kier molecular flexibility index (Phi) is 5.90. The van der Waals surface area contributed by atoms with Gasteiger partial charge in [-0.25, -0.2) is 0 Å². The first kappa shape index (κ1) is 24.2. The third kappa shape index (κ3) is 3.87. The van der Waals surface area contributed by atoms with Crippen molar-refractivity contribution in [2.45, 2.75) is 97.6 Å². The molecule has 2 heterocycles. The predicted molar refractivity (Wildman–Crippen MR) is 129 cm³/mol. The Hall–Kier alpha value is -1.98. The summed E-state index contributed by atoms with van der Waals surface area (Å²) in [5.41, 5.74) is 1.97. The van der Waals surface area contributed by atoms with Gasteiger partial charge in [0.15, 0.2) is 0 Å². The van der Waals surface area contributed by atoms with Gasteiger partial charge < -0.3 is 24.4 Å². The Morgan fingerprint density at radius 2 is 1.94 bits per heavy atom. The normalized spacial score (nSPS) is 35.3. The maximum atomic E-state index is 10.8. The number of ether oxygens (including phenoxy) is 3. The average Bonchev–Trinajstić information content (AvgIpc) is 3.16. The molecule has 4 unspecified atom stereocenters. The highest BCUT2D eigenvalue weighted by atomic mass is 16.7. The van der Waals surface area contributed by atoms with Gasteiger partial charge in [0.1, 0.15) is 17.3 Å². The third-order valence-corrected chi connectivity index (χ3v) is 8.65. The van der Waals surface area contributed by atoms with Gasteiger partial charge in [0.05, 0.1) is 18.8 Å². The molecule has 3 aliphatic rings. The summed E-state index contributed by atoms with van der Waals surface area (Å²) in [6, 6.07) is 3.73. The summed E-state index contributed by atoms with van der Waals surface area (Å²) in [5.74, 6) is 1.17. The molecular weight excluding hydrogens is 416 g/mol. The van der Waals surface area contributed by atoms with E-state index in [1.807, 2.05) is 32.9 Å². The van der Waals surface area contributed by atoms with E-state index >= 15 is 0 Å². The smallest absolute Gasteiger partial charge is 0.219 e. The Morgan fingerprint density at radius 1 is 1.21 bits per heavy atom. The molecule has 0 amide bonds. The molecule has 33 heavy (non-hydrogen) atoms. The lowest BCUT2D eigenvalue weighted by Gasteiger charge is -2.54. The van der Waals surface area contributed by atoms with Gasteiger partial charge in [0.25, 0.3) is 0 Å². The van der Waals surface area contributed by atoms with E-state index < -0.39 is 17.5 Å². The lowest BCUT2D eigenvalue weighted by Crippen LogP contribution is -2.57. The molecule has 0 bridgehead atoms. The van der Waals surface area contributed by atoms with Gasteiger partial charge in [-0.2, -0.15) is 0 Å². The summed E-state index contributed by atoms with van der Waals surface area (Å²) in [6.07, 6.45) is 8.93. The van der Waals surface area contributed by atoms with Gasteiger partial charge in [0.2, 0.25) is 5.79 Å². The minimum Gasteiger partial charge on any atom is -0.507 e. The molecule has 4 rings (SSSR count). The van der Waals surface area contributed by atoms with Crippen molar-refractivity contribution in [3.8, 4) is 11.5 Å². The lowest BCUT2D eigenvalue weighted by molar-refractivity contribution is -0.309. The molecule has 0 radical (unpaired) electrons. The number of hydrogen-bond acceptors (Lipinski definition) is 5. The first-order valence-electron chi connectivity index (χ1n) is 12.2. The zero-order valence-electron chi connectivity index (χ0n) is 21.2. The van der Waals surface area contributed by atoms with Gasteiger partial charge in [-0.3, -0.25) is 0 Å². The average molecular weight is 457 g/mol. The monoisotopic (exact) mass is 456 g/mol. The molecule has 1 spiro atoms. The molecule has 1 aliphatic carbocycles. The van der Waals surface area contributed by atoms with Crippen LogP contribution >= 0.6 is 0 Å². The van der Waals surface area contributed by atoms with Crippen molar-refractivity contribution in [1.82, 2.24) is 0 Å². The number of aromatic hydroxyl groups is 1. The molecule has 1 saturated carbocycles. The van der Waals surface area contributed by atoms with Crippen LogP contribution in [0.2, 0.25) is 0 Å². The number of hydrogen-bond donors (Lipinski definition) is 2. The number of phenolic OH excluding ortho intramolecular Hbond substituents is 1. The van der Waals surface area contributed by atoms with Crippen LogP contribution in [0.5, 0.6) is 11.5 Å². The van der Waals surface area contributed by atoms with Crippen LogP contribution in [-0.2, 0) is 15.9 Å². The van der Waals surface area contributed by atoms with Gasteiger partial charge >= 0.3 is 0 Å². The fourth-order valence-corrected chi connectivity index (χ4v) is 6.18. The van der Waals surface area contributed by atoms with Gasteiger partial charge in [-0.1, -0.05) is 31.9 Å². The highest BCUT2D eigenvalue weighted by Gasteiger charge is 2.69. The van der Waals surface area contributed by atoms with E-state index in [0.717, 1.165) is 41.9 Å². The van der Waals surface area contributed by atoms with Crippen molar-refractivity contribution in [1.29, 1.82) is 0 Å². The quantitative estimate of drug-likeness (QED) is 0.536. The number of rotatable bonds is 5. The second kappa shape index (κ2) is 8.06. The molecule has 182 valence electrons. The van der Waals surface area contributed by atoms with E-state index in [9.17, 15) is 10.2 Å². The van der Waals surface area contributed by atoms with Crippen LogP contribution in [0, 0.1) is 17.8 Å². The number of methoxy groups -OCH3 is 1. The summed E-state index contributed by atoms with van der Waals surface area (Å²) in [6.45, 7) is 12.5. The van der Waals surface area contributed by atoms with E-state index in [-0.39, 0.29) is 10.8 Å². The number of aliphatic hydroxyl groups is 1. The van der Waals surface area contributed by atoms with Crippen LogP contribution in [0.3, 0.4) is 0 Å². The van der Waals surface area contributed by atoms with Crippen molar-refractivity contribution in [2.24, 2.45) is 10.8 Å². The second-order valence-electron chi connectivity index (χ2n) is 11.4. The van der Waals surface area contributed by atoms with Crippen molar-refractivity contribution in [2.75, 3.05) is 7.11 Å². The topological polar surface area (TPSA) is 68.2 Å². The Bertz CT molecular complexity index is 992. The number of benzene rings is 1. The van der Waals surface area contributed by atoms with Gasteiger partial charge in [-0.15, -0.1) is 0 Å². The first-order valence-corrected chi connectivity index (χ1v) is 12.2. The molecule has 2 fully saturated rings. The Balaban J connectivity index is 1.59. The molecule has 4 atom stereocenters. The summed E-state index contributed by atoms with van der Waals surface area (Å²) in [4.78, 5) is 0. The first-order chi connectivity index (χ1) is 15.3.